The van der Waals surface area contributed by atoms with Crippen molar-refractivity contribution < 1.29 is 37.3 Å². The van der Waals surface area contributed by atoms with Crippen LogP contribution in [0.25, 0.3) is 0 Å². The van der Waals surface area contributed by atoms with Gasteiger partial charge in [-0.3, -0.25) is 13.8 Å². The molecule has 0 aromatic rings. The summed E-state index contributed by atoms with van der Waals surface area (Å²) in [6.07, 6.45) is 67.8. The number of allylic oxidation sites excluding steroid dienone is 14. The van der Waals surface area contributed by atoms with Crippen molar-refractivity contribution in [2.45, 2.75) is 225 Å². The third-order valence-electron chi connectivity index (χ3n) is 11.5. The number of unbranched alkanes of at least 4 members (excludes halogenated alkanes) is 22. The normalized spacial score (nSPS) is 14.2. The summed E-state index contributed by atoms with van der Waals surface area (Å²) in [5.41, 5.74) is 0. The zero-order valence-electron chi connectivity index (χ0n) is 44.1. The van der Waals surface area contributed by atoms with Crippen molar-refractivity contribution in [3.05, 3.63) is 85.1 Å². The third kappa shape index (κ3) is 54.5. The van der Waals surface area contributed by atoms with Gasteiger partial charge in [-0.15, -0.1) is 0 Å². The molecule has 0 fully saturated rings. The minimum absolute atomic E-state index is 0.0803. The van der Waals surface area contributed by atoms with Gasteiger partial charge < -0.3 is 18.9 Å². The van der Waals surface area contributed by atoms with Crippen LogP contribution in [0.15, 0.2) is 85.1 Å². The van der Waals surface area contributed by atoms with Gasteiger partial charge in [-0.25, -0.2) is 4.57 Å². The largest absolute Gasteiger partial charge is 0.472 e. The summed E-state index contributed by atoms with van der Waals surface area (Å²) in [5, 5.41) is 0. The van der Waals surface area contributed by atoms with Crippen LogP contribution in [0.5, 0.6) is 0 Å². The van der Waals surface area contributed by atoms with E-state index in [1.54, 1.807) is 0 Å². The molecule has 67 heavy (non-hydrogen) atoms. The number of hydrogen-bond acceptors (Lipinski definition) is 6. The number of ether oxygens (including phenoxy) is 2. The van der Waals surface area contributed by atoms with Crippen molar-refractivity contribution in [2.24, 2.45) is 0 Å². The van der Waals surface area contributed by atoms with Gasteiger partial charge in [0.05, 0.1) is 34.4 Å². The van der Waals surface area contributed by atoms with Crippen LogP contribution in [-0.4, -0.2) is 75.6 Å². The molecule has 0 aliphatic carbocycles. The summed E-state index contributed by atoms with van der Waals surface area (Å²) in [6, 6.07) is 0. The first kappa shape index (κ1) is 64.7. The maximum absolute atomic E-state index is 12.8. The van der Waals surface area contributed by atoms with Crippen molar-refractivity contribution >= 4 is 13.8 Å². The number of hydrogen-bond donors (Lipinski definition) is 1. The molecule has 0 saturated heterocycles. The molecule has 0 aliphatic heterocycles. The topological polar surface area (TPSA) is 91.3 Å². The van der Waals surface area contributed by atoms with E-state index in [0.29, 0.717) is 24.1 Å². The highest BCUT2D eigenvalue weighted by Crippen LogP contribution is 2.43. The second kappa shape index (κ2) is 50.1. The molecule has 388 valence electrons. The van der Waals surface area contributed by atoms with Gasteiger partial charge in [-0.2, -0.15) is 0 Å². The zero-order valence-corrected chi connectivity index (χ0v) is 45.0. The van der Waals surface area contributed by atoms with Crippen molar-refractivity contribution in [2.75, 3.05) is 54.1 Å². The molecule has 0 bridgehead atoms. The van der Waals surface area contributed by atoms with Gasteiger partial charge in [0, 0.05) is 13.0 Å². The van der Waals surface area contributed by atoms with Crippen LogP contribution in [-0.2, 0) is 27.9 Å². The second-order valence-electron chi connectivity index (χ2n) is 19.2. The zero-order chi connectivity index (χ0) is 49.0. The Morgan fingerprint density at radius 2 is 0.866 bits per heavy atom. The fourth-order valence-electron chi connectivity index (χ4n) is 7.30. The Hall–Kier alpha value is -2.32. The lowest BCUT2D eigenvalue weighted by atomic mass is 10.0. The van der Waals surface area contributed by atoms with E-state index in [2.05, 4.69) is 98.9 Å². The fourth-order valence-corrected chi connectivity index (χ4v) is 8.04. The number of nitrogens with zero attached hydrogens (tertiary/aromatic N) is 1. The number of carbonyl (C=O) groups is 1. The number of esters is 1. The summed E-state index contributed by atoms with van der Waals surface area (Å²) >= 11 is 0. The highest BCUT2D eigenvalue weighted by molar-refractivity contribution is 7.47. The first-order valence-corrected chi connectivity index (χ1v) is 28.8. The van der Waals surface area contributed by atoms with Crippen LogP contribution < -0.4 is 0 Å². The molecular weight excluding hydrogens is 854 g/mol. The molecule has 8 nitrogen and oxygen atoms in total. The maximum Gasteiger partial charge on any atom is 0.472 e. The van der Waals surface area contributed by atoms with E-state index in [-0.39, 0.29) is 25.8 Å². The third-order valence-corrected chi connectivity index (χ3v) is 12.5. The highest BCUT2D eigenvalue weighted by atomic mass is 31.2. The lowest BCUT2D eigenvalue weighted by molar-refractivity contribution is -0.870. The first-order chi connectivity index (χ1) is 32.6. The SMILES string of the molecule is CC/C=C\C/C=C\C/C=C\C/C=C\C/C=C\C/C=C\C/C=C\CCCCCCOCC(COP(=O)(O)OCC[N+](C)(C)C)OC(=O)CCCCCCCCCCCCCCCCCCCCC. The summed E-state index contributed by atoms with van der Waals surface area (Å²) in [5.74, 6) is -0.322. The average molecular weight is 959 g/mol. The van der Waals surface area contributed by atoms with Crippen LogP contribution in [0.3, 0.4) is 0 Å². The van der Waals surface area contributed by atoms with E-state index in [0.717, 1.165) is 96.3 Å². The Labute approximate surface area is 414 Å². The van der Waals surface area contributed by atoms with Crippen molar-refractivity contribution in [1.82, 2.24) is 0 Å². The molecule has 0 radical (unpaired) electrons. The van der Waals surface area contributed by atoms with Crippen LogP contribution in [0, 0.1) is 0 Å². The van der Waals surface area contributed by atoms with Crippen molar-refractivity contribution in [3.63, 3.8) is 0 Å². The van der Waals surface area contributed by atoms with Gasteiger partial charge in [-0.05, 0) is 70.6 Å². The summed E-state index contributed by atoms with van der Waals surface area (Å²) < 4.78 is 35.2. The lowest BCUT2D eigenvalue weighted by Crippen LogP contribution is -2.37. The molecule has 0 aromatic heterocycles. The van der Waals surface area contributed by atoms with Crippen LogP contribution in [0.2, 0.25) is 0 Å². The minimum Gasteiger partial charge on any atom is -0.457 e. The lowest BCUT2D eigenvalue weighted by Gasteiger charge is -2.24. The standard InChI is InChI=1S/C58H104NO7P/c1-6-8-10-12-14-16-18-20-22-24-26-27-28-29-30-31-32-34-36-38-40-42-44-46-48-50-53-63-55-57(56-65-67(61,62)64-54-52-59(3,4)5)66-58(60)51-49-47-45-43-41-39-37-35-33-25-23-21-19-17-15-13-11-9-7-2/h8,10,14,16,20,22,26-27,29-30,32,34,38,40,57H,6-7,9,11-13,15,17-19,21,23-25,28,31,33,35-37,39,41-56H2,1-5H3/p+1/b10-8-,16-14-,22-20-,27-26-,30-29-,34-32-,40-38-. The van der Waals surface area contributed by atoms with E-state index in [1.165, 1.54) is 103 Å². The Balaban J connectivity index is 4.19. The molecule has 0 heterocycles. The molecule has 1 N–H and O–H groups in total. The molecule has 2 unspecified atom stereocenters. The number of quaternary nitrogens is 1. The highest BCUT2D eigenvalue weighted by Gasteiger charge is 2.26. The molecule has 0 aliphatic rings. The molecule has 2 atom stereocenters. The molecular formula is C58H105NO7P+. The van der Waals surface area contributed by atoms with Gasteiger partial charge >= 0.3 is 13.8 Å². The van der Waals surface area contributed by atoms with E-state index in [4.69, 9.17) is 18.5 Å². The Bertz CT molecular complexity index is 1340. The Morgan fingerprint density at radius 1 is 0.478 bits per heavy atom. The van der Waals surface area contributed by atoms with Crippen LogP contribution >= 0.6 is 7.82 Å². The van der Waals surface area contributed by atoms with Gasteiger partial charge in [0.1, 0.15) is 19.3 Å². The van der Waals surface area contributed by atoms with Gasteiger partial charge in [0.15, 0.2) is 0 Å². The average Bonchev–Trinajstić information content (AvgIpc) is 3.29. The van der Waals surface area contributed by atoms with Gasteiger partial charge in [-0.1, -0.05) is 227 Å². The van der Waals surface area contributed by atoms with Crippen molar-refractivity contribution in [3.8, 4) is 0 Å². The second-order valence-corrected chi connectivity index (χ2v) is 20.7. The predicted molar refractivity (Wildman–Crippen MR) is 288 cm³/mol. The number of phosphoric ester groups is 1. The van der Waals surface area contributed by atoms with Crippen LogP contribution in [0.1, 0.15) is 219 Å². The Kier molecular flexibility index (Phi) is 48.3. The number of likely N-dealkylation sites (N-methyl/N-ethyl adjacent to an activating group) is 1. The molecule has 0 amide bonds. The summed E-state index contributed by atoms with van der Waals surface area (Å²) in [4.78, 5) is 23.0. The molecule has 0 spiro atoms. The number of rotatable bonds is 50. The first-order valence-electron chi connectivity index (χ1n) is 27.3. The molecule has 0 saturated carbocycles. The van der Waals surface area contributed by atoms with Gasteiger partial charge in [0.2, 0.25) is 0 Å². The quantitative estimate of drug-likeness (QED) is 0.0213. The minimum atomic E-state index is -4.29. The van der Waals surface area contributed by atoms with Crippen molar-refractivity contribution in [1.29, 1.82) is 0 Å². The fraction of sp³-hybridized carbons (Fsp3) is 0.741. The summed E-state index contributed by atoms with van der Waals surface area (Å²) in [7, 11) is 1.64. The molecule has 0 rings (SSSR count). The molecule has 9 heteroatoms. The number of carbonyl (C=O) groups excluding carboxylic acids is 1. The van der Waals surface area contributed by atoms with E-state index in [9.17, 15) is 14.3 Å². The number of phosphoric acid groups is 1. The predicted octanol–water partition coefficient (Wildman–Crippen LogP) is 17.2. The summed E-state index contributed by atoms with van der Waals surface area (Å²) in [6.45, 7) is 5.46. The maximum atomic E-state index is 12.8. The molecule has 0 aromatic carbocycles. The van der Waals surface area contributed by atoms with E-state index < -0.39 is 13.9 Å². The van der Waals surface area contributed by atoms with E-state index >= 15 is 0 Å². The monoisotopic (exact) mass is 959 g/mol. The van der Waals surface area contributed by atoms with E-state index in [1.807, 2.05) is 21.1 Å². The van der Waals surface area contributed by atoms with Crippen LogP contribution in [0.4, 0.5) is 0 Å². The van der Waals surface area contributed by atoms with Gasteiger partial charge in [0.25, 0.3) is 0 Å². The smallest absolute Gasteiger partial charge is 0.457 e. The Morgan fingerprint density at radius 3 is 1.30 bits per heavy atom.